The van der Waals surface area contributed by atoms with Crippen molar-refractivity contribution in [2.45, 2.75) is 20.0 Å². The Morgan fingerprint density at radius 1 is 1.60 bits per heavy atom. The van der Waals surface area contributed by atoms with Gasteiger partial charge in [0.05, 0.1) is 12.7 Å². The van der Waals surface area contributed by atoms with Gasteiger partial charge in [-0.1, -0.05) is 11.1 Å². The predicted molar refractivity (Wildman–Crippen MR) is 34.9 cm³/mol. The third kappa shape index (κ3) is 11.8. The molecule has 0 N–H and O–H groups in total. The zero-order valence-electron chi connectivity index (χ0n) is 6.62. The molecule has 0 radical (unpaired) electrons. The van der Waals surface area contributed by atoms with E-state index in [1.807, 2.05) is 13.8 Å². The van der Waals surface area contributed by atoms with E-state index in [1.165, 1.54) is 0 Å². The van der Waals surface area contributed by atoms with Gasteiger partial charge in [0.1, 0.15) is 0 Å². The standard InChI is InChI=1S/C5H12O3S.Na/c1-5(2)8-3-4-9(6)7;/h5H,3-4H2,1-2H3,(H,6,7);/q;+1/p-1. The van der Waals surface area contributed by atoms with Crippen molar-refractivity contribution < 1.29 is 43.1 Å². The second-order valence-electron chi connectivity index (χ2n) is 1.93. The van der Waals surface area contributed by atoms with Crippen molar-refractivity contribution in [3.05, 3.63) is 0 Å². The van der Waals surface area contributed by atoms with Gasteiger partial charge in [0.15, 0.2) is 0 Å². The molecule has 0 aromatic rings. The van der Waals surface area contributed by atoms with E-state index in [1.54, 1.807) is 0 Å². The van der Waals surface area contributed by atoms with Gasteiger partial charge in [-0.25, -0.2) is 0 Å². The summed E-state index contributed by atoms with van der Waals surface area (Å²) in [5.74, 6) is 0.0954. The molecular formula is C5H11NaO3S. The van der Waals surface area contributed by atoms with E-state index in [2.05, 4.69) is 0 Å². The largest absolute Gasteiger partial charge is 1.00 e. The molecule has 0 heterocycles. The van der Waals surface area contributed by atoms with Crippen LogP contribution >= 0.6 is 0 Å². The maximum atomic E-state index is 9.90. The molecule has 0 aromatic heterocycles. The predicted octanol–water partition coefficient (Wildman–Crippen LogP) is -2.71. The molecule has 0 bridgehead atoms. The van der Waals surface area contributed by atoms with Crippen LogP contribution in [0.25, 0.3) is 0 Å². The van der Waals surface area contributed by atoms with E-state index in [0.29, 0.717) is 6.61 Å². The summed E-state index contributed by atoms with van der Waals surface area (Å²) >= 11 is -1.96. The van der Waals surface area contributed by atoms with Gasteiger partial charge in [0, 0.05) is 5.75 Å². The monoisotopic (exact) mass is 174 g/mol. The van der Waals surface area contributed by atoms with Gasteiger partial charge in [0.2, 0.25) is 0 Å². The molecule has 0 spiro atoms. The van der Waals surface area contributed by atoms with E-state index >= 15 is 0 Å². The summed E-state index contributed by atoms with van der Waals surface area (Å²) in [6.07, 6.45) is 0.119. The molecule has 0 fully saturated rings. The van der Waals surface area contributed by atoms with Crippen molar-refractivity contribution in [2.75, 3.05) is 12.4 Å². The summed E-state index contributed by atoms with van der Waals surface area (Å²) < 4.78 is 24.8. The molecule has 1 unspecified atom stereocenters. The second kappa shape index (κ2) is 8.17. The van der Waals surface area contributed by atoms with Crippen molar-refractivity contribution >= 4 is 11.1 Å². The van der Waals surface area contributed by atoms with Crippen LogP contribution in [-0.4, -0.2) is 27.2 Å². The van der Waals surface area contributed by atoms with Gasteiger partial charge in [-0.2, -0.15) is 0 Å². The Hall–Kier alpha value is 1.07. The molecule has 0 rings (SSSR count). The zero-order valence-corrected chi connectivity index (χ0v) is 9.44. The molecular weight excluding hydrogens is 163 g/mol. The Labute approximate surface area is 86.1 Å². The van der Waals surface area contributed by atoms with Gasteiger partial charge in [-0.15, -0.1) is 0 Å². The normalized spacial score (nSPS) is 12.8. The van der Waals surface area contributed by atoms with Crippen LogP contribution in [0.1, 0.15) is 13.8 Å². The minimum absolute atomic E-state index is 0. The first kappa shape index (κ1) is 13.6. The maximum absolute atomic E-state index is 9.90. The molecule has 0 aromatic carbocycles. The minimum atomic E-state index is -1.96. The van der Waals surface area contributed by atoms with Gasteiger partial charge in [0.25, 0.3) is 0 Å². The molecule has 0 amide bonds. The van der Waals surface area contributed by atoms with Crippen molar-refractivity contribution in [3.63, 3.8) is 0 Å². The Kier molecular flexibility index (Phi) is 11.1. The summed E-state index contributed by atoms with van der Waals surface area (Å²) in [6, 6.07) is 0. The van der Waals surface area contributed by atoms with Gasteiger partial charge >= 0.3 is 29.6 Å². The fourth-order valence-electron chi connectivity index (χ4n) is 0.352. The van der Waals surface area contributed by atoms with E-state index in [-0.39, 0.29) is 41.4 Å². The third-order valence-corrected chi connectivity index (χ3v) is 1.20. The van der Waals surface area contributed by atoms with Crippen LogP contribution in [0, 0.1) is 0 Å². The van der Waals surface area contributed by atoms with Gasteiger partial charge in [-0.05, 0) is 13.8 Å². The molecule has 56 valence electrons. The van der Waals surface area contributed by atoms with Crippen LogP contribution in [0.3, 0.4) is 0 Å². The summed E-state index contributed by atoms with van der Waals surface area (Å²) in [4.78, 5) is 0. The summed E-state index contributed by atoms with van der Waals surface area (Å²) in [7, 11) is 0. The van der Waals surface area contributed by atoms with Crippen LogP contribution in [0.15, 0.2) is 0 Å². The van der Waals surface area contributed by atoms with Crippen molar-refractivity contribution in [1.82, 2.24) is 0 Å². The van der Waals surface area contributed by atoms with E-state index in [9.17, 15) is 8.76 Å². The smallest absolute Gasteiger partial charge is 0.772 e. The minimum Gasteiger partial charge on any atom is -0.772 e. The Balaban J connectivity index is 0. The molecule has 3 nitrogen and oxygen atoms in total. The van der Waals surface area contributed by atoms with Crippen LogP contribution < -0.4 is 29.6 Å². The number of hydrogen-bond acceptors (Lipinski definition) is 3. The van der Waals surface area contributed by atoms with Crippen LogP contribution in [-0.2, 0) is 15.8 Å². The van der Waals surface area contributed by atoms with Crippen molar-refractivity contribution in [1.29, 1.82) is 0 Å². The first-order valence-electron chi connectivity index (χ1n) is 2.80. The quantitative estimate of drug-likeness (QED) is 0.344. The van der Waals surface area contributed by atoms with E-state index < -0.39 is 11.1 Å². The van der Waals surface area contributed by atoms with E-state index in [4.69, 9.17) is 4.74 Å². The average molecular weight is 174 g/mol. The Morgan fingerprint density at radius 2 is 2.10 bits per heavy atom. The summed E-state index contributed by atoms with van der Waals surface area (Å²) in [5, 5.41) is 0. The summed E-state index contributed by atoms with van der Waals surface area (Å²) in [5.41, 5.74) is 0. The number of ether oxygens (including phenoxy) is 1. The van der Waals surface area contributed by atoms with Crippen molar-refractivity contribution in [2.24, 2.45) is 0 Å². The fraction of sp³-hybridized carbons (Fsp3) is 1.00. The Morgan fingerprint density at radius 3 is 2.40 bits per heavy atom. The molecule has 0 aliphatic rings. The van der Waals surface area contributed by atoms with Crippen molar-refractivity contribution in [3.8, 4) is 0 Å². The van der Waals surface area contributed by atoms with Crippen LogP contribution in [0.4, 0.5) is 0 Å². The number of rotatable bonds is 4. The SMILES string of the molecule is CC(C)OCCS(=O)[O-].[Na+]. The molecule has 0 saturated heterocycles. The first-order valence-corrected chi connectivity index (χ1v) is 4.05. The van der Waals surface area contributed by atoms with Gasteiger partial charge < -0.3 is 9.29 Å². The molecule has 0 aliphatic heterocycles. The molecule has 10 heavy (non-hydrogen) atoms. The zero-order chi connectivity index (χ0) is 7.28. The molecule has 1 atom stereocenters. The average Bonchev–Trinajstić information content (AvgIpc) is 1.63. The third-order valence-electron chi connectivity index (χ3n) is 0.701. The van der Waals surface area contributed by atoms with E-state index in [0.717, 1.165) is 0 Å². The second-order valence-corrected chi connectivity index (χ2v) is 2.94. The first-order chi connectivity index (χ1) is 4.13. The molecule has 5 heteroatoms. The maximum Gasteiger partial charge on any atom is 1.00 e. The summed E-state index contributed by atoms with van der Waals surface area (Å²) in [6.45, 7) is 4.04. The number of hydrogen-bond donors (Lipinski definition) is 0. The molecule has 0 aliphatic carbocycles. The van der Waals surface area contributed by atoms with Gasteiger partial charge in [-0.3, -0.25) is 4.21 Å². The Bertz CT molecular complexity index is 96.9. The molecule has 0 saturated carbocycles. The van der Waals surface area contributed by atoms with Crippen LogP contribution in [0.2, 0.25) is 0 Å². The topological polar surface area (TPSA) is 49.4 Å². The fourth-order valence-corrected chi connectivity index (χ4v) is 0.584. The van der Waals surface area contributed by atoms with Crippen LogP contribution in [0.5, 0.6) is 0 Å².